The molecule has 0 aromatic heterocycles. The van der Waals surface area contributed by atoms with Crippen LogP contribution < -0.4 is 0 Å². The zero-order chi connectivity index (χ0) is 13.2. The first-order chi connectivity index (χ1) is 8.56. The van der Waals surface area contributed by atoms with Crippen LogP contribution in [0.25, 0.3) is 0 Å². The number of carbonyl (C=O) groups excluding carboxylic acids is 1. The third-order valence-corrected chi connectivity index (χ3v) is 4.97. The first-order valence-electron chi connectivity index (χ1n) is 7.45. The van der Waals surface area contributed by atoms with Gasteiger partial charge in [-0.15, -0.1) is 0 Å². The molecule has 0 spiro atoms. The highest BCUT2D eigenvalue weighted by Crippen LogP contribution is 2.47. The van der Waals surface area contributed by atoms with E-state index in [9.17, 15) is 4.79 Å². The number of ether oxygens (including phenoxy) is 1. The summed E-state index contributed by atoms with van der Waals surface area (Å²) in [5.74, 6) is 1.47. The van der Waals surface area contributed by atoms with Crippen molar-refractivity contribution in [1.29, 1.82) is 0 Å². The smallest absolute Gasteiger partial charge is 0.333 e. The summed E-state index contributed by atoms with van der Waals surface area (Å²) < 4.78 is 5.76. The van der Waals surface area contributed by atoms with Crippen molar-refractivity contribution in [2.24, 2.45) is 11.8 Å². The Bertz CT molecular complexity index is 328. The van der Waals surface area contributed by atoms with Gasteiger partial charge in [0.15, 0.2) is 0 Å². The van der Waals surface area contributed by atoms with Crippen molar-refractivity contribution in [3.63, 3.8) is 0 Å². The molecule has 0 N–H and O–H groups in total. The van der Waals surface area contributed by atoms with Crippen molar-refractivity contribution in [2.75, 3.05) is 0 Å². The van der Waals surface area contributed by atoms with Gasteiger partial charge in [-0.1, -0.05) is 39.2 Å². The van der Waals surface area contributed by atoms with E-state index in [1.807, 2.05) is 0 Å². The van der Waals surface area contributed by atoms with Crippen LogP contribution in [0.15, 0.2) is 12.2 Å². The molecule has 102 valence electrons. The van der Waals surface area contributed by atoms with Crippen LogP contribution in [0.5, 0.6) is 0 Å². The van der Waals surface area contributed by atoms with Gasteiger partial charge in [0, 0.05) is 5.57 Å². The molecule has 0 bridgehead atoms. The molecule has 2 saturated carbocycles. The number of carbonyl (C=O) groups is 1. The molecule has 0 heterocycles. The Morgan fingerprint density at radius 2 is 1.94 bits per heavy atom. The summed E-state index contributed by atoms with van der Waals surface area (Å²) in [5.41, 5.74) is 0.329. The van der Waals surface area contributed by atoms with E-state index in [0.717, 1.165) is 31.1 Å². The normalized spacial score (nSPS) is 32.7. The molecule has 0 aliphatic heterocycles. The van der Waals surface area contributed by atoms with Crippen LogP contribution in [0, 0.1) is 11.8 Å². The summed E-state index contributed by atoms with van der Waals surface area (Å²) in [6.45, 7) is 7.56. The summed E-state index contributed by atoms with van der Waals surface area (Å²) in [6.07, 6.45) is 9.86. The van der Waals surface area contributed by atoms with Gasteiger partial charge in [0.25, 0.3) is 0 Å². The molecule has 0 radical (unpaired) electrons. The van der Waals surface area contributed by atoms with Crippen LogP contribution in [0.1, 0.15) is 65.2 Å². The van der Waals surface area contributed by atoms with Gasteiger partial charge in [-0.25, -0.2) is 4.79 Å². The number of hydrogen-bond acceptors (Lipinski definition) is 2. The van der Waals surface area contributed by atoms with Gasteiger partial charge in [-0.05, 0) is 44.4 Å². The fraction of sp³-hybridized carbons (Fsp3) is 0.812. The van der Waals surface area contributed by atoms with Gasteiger partial charge in [0.1, 0.15) is 5.60 Å². The molecule has 0 aromatic carbocycles. The highest BCUT2D eigenvalue weighted by molar-refractivity contribution is 5.87. The zero-order valence-electron chi connectivity index (χ0n) is 11.8. The van der Waals surface area contributed by atoms with E-state index in [4.69, 9.17) is 4.74 Å². The first kappa shape index (κ1) is 13.6. The molecule has 18 heavy (non-hydrogen) atoms. The van der Waals surface area contributed by atoms with Crippen LogP contribution in [-0.4, -0.2) is 11.6 Å². The molecule has 0 amide bonds. The highest BCUT2D eigenvalue weighted by atomic mass is 16.6. The molecule has 2 heteroatoms. The minimum Gasteiger partial charge on any atom is -0.456 e. The first-order valence-corrected chi connectivity index (χ1v) is 7.45. The minimum atomic E-state index is -0.205. The number of rotatable bonds is 4. The van der Waals surface area contributed by atoms with Crippen molar-refractivity contribution >= 4 is 5.97 Å². The number of esters is 1. The Balaban J connectivity index is 1.97. The van der Waals surface area contributed by atoms with E-state index in [2.05, 4.69) is 13.5 Å². The Hall–Kier alpha value is -0.790. The van der Waals surface area contributed by atoms with E-state index in [-0.39, 0.29) is 11.6 Å². The van der Waals surface area contributed by atoms with Crippen molar-refractivity contribution < 1.29 is 9.53 Å². The SMILES string of the molecule is C=C(C)C(=O)OC1(CC)CCC(C2CCCC2)C1. The topological polar surface area (TPSA) is 26.3 Å². The molecule has 2 rings (SSSR count). The molecule has 2 unspecified atom stereocenters. The monoisotopic (exact) mass is 250 g/mol. The summed E-state index contributed by atoms with van der Waals surface area (Å²) in [5, 5.41) is 0. The van der Waals surface area contributed by atoms with Crippen LogP contribution in [0.3, 0.4) is 0 Å². The Labute approximate surface area is 111 Å². The van der Waals surface area contributed by atoms with Crippen molar-refractivity contribution in [3.8, 4) is 0 Å². The average Bonchev–Trinajstić information content (AvgIpc) is 2.97. The number of hydrogen-bond donors (Lipinski definition) is 0. The molecule has 2 atom stereocenters. The minimum absolute atomic E-state index is 0.191. The van der Waals surface area contributed by atoms with Gasteiger partial charge < -0.3 is 4.74 Å². The Morgan fingerprint density at radius 1 is 1.28 bits per heavy atom. The molecule has 0 saturated heterocycles. The summed E-state index contributed by atoms with van der Waals surface area (Å²) in [4.78, 5) is 11.8. The molecule has 0 aromatic rings. The standard InChI is InChI=1S/C16H26O2/c1-4-16(18-15(17)12(2)3)10-9-14(11-16)13-7-5-6-8-13/h13-14H,2,4-11H2,1,3H3. The second-order valence-electron chi connectivity index (χ2n) is 6.25. The fourth-order valence-electron chi connectivity index (χ4n) is 3.73. The quantitative estimate of drug-likeness (QED) is 0.551. The van der Waals surface area contributed by atoms with E-state index in [0.29, 0.717) is 5.57 Å². The van der Waals surface area contributed by atoms with E-state index < -0.39 is 0 Å². The van der Waals surface area contributed by atoms with Gasteiger partial charge >= 0.3 is 5.97 Å². The molecular formula is C16H26O2. The molecular weight excluding hydrogens is 224 g/mol. The third kappa shape index (κ3) is 2.78. The van der Waals surface area contributed by atoms with Crippen LogP contribution >= 0.6 is 0 Å². The van der Waals surface area contributed by atoms with Gasteiger partial charge in [0.05, 0.1) is 0 Å². The lowest BCUT2D eigenvalue weighted by Gasteiger charge is -2.29. The predicted molar refractivity (Wildman–Crippen MR) is 73.2 cm³/mol. The predicted octanol–water partition coefficient (Wildman–Crippen LogP) is 4.24. The van der Waals surface area contributed by atoms with E-state index in [1.54, 1.807) is 6.92 Å². The second kappa shape index (κ2) is 5.46. The third-order valence-electron chi connectivity index (χ3n) is 4.97. The van der Waals surface area contributed by atoms with Crippen molar-refractivity contribution in [2.45, 2.75) is 70.8 Å². The lowest BCUT2D eigenvalue weighted by atomic mass is 9.87. The van der Waals surface area contributed by atoms with Crippen molar-refractivity contribution in [1.82, 2.24) is 0 Å². The van der Waals surface area contributed by atoms with Gasteiger partial charge in [-0.3, -0.25) is 0 Å². The maximum absolute atomic E-state index is 11.8. The summed E-state index contributed by atoms with van der Waals surface area (Å²) in [7, 11) is 0. The van der Waals surface area contributed by atoms with Gasteiger partial charge in [-0.2, -0.15) is 0 Å². The maximum atomic E-state index is 11.8. The second-order valence-corrected chi connectivity index (χ2v) is 6.25. The molecule has 2 aliphatic carbocycles. The lowest BCUT2D eigenvalue weighted by Crippen LogP contribution is -2.32. The van der Waals surface area contributed by atoms with Crippen molar-refractivity contribution in [3.05, 3.63) is 12.2 Å². The van der Waals surface area contributed by atoms with Gasteiger partial charge in [0.2, 0.25) is 0 Å². The molecule has 2 nitrogen and oxygen atoms in total. The van der Waals surface area contributed by atoms with Crippen LogP contribution in [0.4, 0.5) is 0 Å². The highest BCUT2D eigenvalue weighted by Gasteiger charge is 2.43. The van der Waals surface area contributed by atoms with E-state index in [1.165, 1.54) is 32.1 Å². The van der Waals surface area contributed by atoms with E-state index >= 15 is 0 Å². The maximum Gasteiger partial charge on any atom is 0.333 e. The van der Waals surface area contributed by atoms with Crippen LogP contribution in [-0.2, 0) is 9.53 Å². The van der Waals surface area contributed by atoms with Crippen LogP contribution in [0.2, 0.25) is 0 Å². The summed E-state index contributed by atoms with van der Waals surface area (Å²) in [6, 6.07) is 0. The fourth-order valence-corrected chi connectivity index (χ4v) is 3.73. The Kier molecular flexibility index (Phi) is 4.14. The molecule has 2 fully saturated rings. The summed E-state index contributed by atoms with van der Waals surface area (Å²) >= 11 is 0. The molecule has 2 aliphatic rings. The lowest BCUT2D eigenvalue weighted by molar-refractivity contribution is -0.155. The zero-order valence-corrected chi connectivity index (χ0v) is 11.8. The Morgan fingerprint density at radius 3 is 2.50 bits per heavy atom. The largest absolute Gasteiger partial charge is 0.456 e. The average molecular weight is 250 g/mol.